The largest absolute Gasteiger partial charge is 0.299 e. The third-order valence-corrected chi connectivity index (χ3v) is 10.1. The number of sulfonamides is 1. The fourth-order valence-corrected chi connectivity index (χ4v) is 8.01. The van der Waals surface area contributed by atoms with Crippen LogP contribution in [0.5, 0.6) is 0 Å². The highest BCUT2D eigenvalue weighted by Gasteiger charge is 2.34. The summed E-state index contributed by atoms with van der Waals surface area (Å²) in [5.41, 5.74) is 5.38. The second-order valence-corrected chi connectivity index (χ2v) is 12.3. The van der Waals surface area contributed by atoms with Crippen molar-refractivity contribution in [2.75, 3.05) is 19.6 Å². The van der Waals surface area contributed by atoms with Gasteiger partial charge in [-0.3, -0.25) is 4.90 Å². The fourth-order valence-electron chi connectivity index (χ4n) is 6.07. The van der Waals surface area contributed by atoms with Gasteiger partial charge in [0.1, 0.15) is 0 Å². The Labute approximate surface area is 220 Å². The molecule has 4 nitrogen and oxygen atoms in total. The molecule has 6 rings (SSSR count). The second kappa shape index (κ2) is 10.4. The summed E-state index contributed by atoms with van der Waals surface area (Å²) in [6, 6.07) is 30.9. The topological polar surface area (TPSA) is 40.6 Å². The van der Waals surface area contributed by atoms with Gasteiger partial charge in [-0.25, -0.2) is 8.42 Å². The zero-order chi connectivity index (χ0) is 25.2. The van der Waals surface area contributed by atoms with Gasteiger partial charge in [0, 0.05) is 37.6 Å². The van der Waals surface area contributed by atoms with Crippen molar-refractivity contribution in [3.63, 3.8) is 0 Å². The van der Waals surface area contributed by atoms with Gasteiger partial charge < -0.3 is 0 Å². The molecule has 0 saturated carbocycles. The van der Waals surface area contributed by atoms with Crippen LogP contribution in [0.2, 0.25) is 0 Å². The minimum atomic E-state index is -3.56. The first-order valence-corrected chi connectivity index (χ1v) is 14.9. The smallest absolute Gasteiger partial charge is 0.243 e. The van der Waals surface area contributed by atoms with Crippen LogP contribution in [0.1, 0.15) is 36.8 Å². The Morgan fingerprint density at radius 1 is 0.757 bits per heavy atom. The molecule has 2 aliphatic heterocycles. The molecule has 0 bridgehead atoms. The van der Waals surface area contributed by atoms with Gasteiger partial charge in [-0.2, -0.15) is 4.31 Å². The lowest BCUT2D eigenvalue weighted by molar-refractivity contribution is 0.190. The Balaban J connectivity index is 1.16. The quantitative estimate of drug-likeness (QED) is 0.297. The van der Waals surface area contributed by atoms with Crippen LogP contribution in [-0.4, -0.2) is 43.3 Å². The molecule has 2 aliphatic rings. The number of nitrogens with zero attached hydrogens (tertiary/aromatic N) is 2. The van der Waals surface area contributed by atoms with Gasteiger partial charge in [0.25, 0.3) is 0 Å². The monoisotopic (exact) mass is 510 g/mol. The Kier molecular flexibility index (Phi) is 6.85. The molecule has 4 aromatic carbocycles. The molecule has 0 aromatic heterocycles. The Morgan fingerprint density at radius 2 is 1.57 bits per heavy atom. The van der Waals surface area contributed by atoms with Crippen LogP contribution in [0.3, 0.4) is 0 Å². The van der Waals surface area contributed by atoms with Crippen molar-refractivity contribution in [1.29, 1.82) is 0 Å². The zero-order valence-electron chi connectivity index (χ0n) is 21.2. The van der Waals surface area contributed by atoms with Crippen LogP contribution in [-0.2, 0) is 23.0 Å². The number of benzene rings is 4. The lowest BCUT2D eigenvalue weighted by Gasteiger charge is -2.37. The standard InChI is InChI=1S/C32H34N2O2S/c35-37(36,32-15-8-12-26-11-4-5-14-31(26)32)34-20-7-6-13-30(34)19-22-33-21-18-28-23-27(16-17-29(28)24-33)25-9-2-1-3-10-25/h1-5,8-12,14-17,23,30H,6-7,13,18-22,24H2. The predicted octanol–water partition coefficient (Wildman–Crippen LogP) is 6.50. The molecule has 1 fully saturated rings. The highest BCUT2D eigenvalue weighted by atomic mass is 32.2. The molecule has 2 heterocycles. The molecule has 37 heavy (non-hydrogen) atoms. The predicted molar refractivity (Wildman–Crippen MR) is 151 cm³/mol. The summed E-state index contributed by atoms with van der Waals surface area (Å²) in [6.07, 6.45) is 4.88. The lowest BCUT2D eigenvalue weighted by Crippen LogP contribution is -2.45. The summed E-state index contributed by atoms with van der Waals surface area (Å²) in [5, 5.41) is 1.79. The van der Waals surface area contributed by atoms with E-state index in [9.17, 15) is 8.42 Å². The van der Waals surface area contributed by atoms with Crippen molar-refractivity contribution in [3.8, 4) is 11.1 Å². The first-order chi connectivity index (χ1) is 18.1. The van der Waals surface area contributed by atoms with Gasteiger partial charge in [-0.1, -0.05) is 91.3 Å². The Morgan fingerprint density at radius 3 is 2.46 bits per heavy atom. The van der Waals surface area contributed by atoms with Crippen molar-refractivity contribution in [2.45, 2.75) is 49.6 Å². The van der Waals surface area contributed by atoms with E-state index >= 15 is 0 Å². The van der Waals surface area contributed by atoms with E-state index in [1.54, 1.807) is 6.07 Å². The molecule has 1 saturated heterocycles. The maximum absolute atomic E-state index is 13.9. The molecule has 1 atom stereocenters. The first-order valence-electron chi connectivity index (χ1n) is 13.5. The molecule has 0 N–H and O–H groups in total. The number of hydrogen-bond acceptors (Lipinski definition) is 3. The summed E-state index contributed by atoms with van der Waals surface area (Å²) in [6.45, 7) is 3.49. The SMILES string of the molecule is O=S(=O)(c1cccc2ccccc12)N1CCCCC1CCN1CCc2cc(-c3ccccc3)ccc2C1. The van der Waals surface area contributed by atoms with Gasteiger partial charge in [0.05, 0.1) is 4.90 Å². The molecule has 0 radical (unpaired) electrons. The summed E-state index contributed by atoms with van der Waals surface area (Å²) in [5.74, 6) is 0. The van der Waals surface area contributed by atoms with Crippen LogP contribution in [0.15, 0.2) is 95.9 Å². The number of hydrogen-bond donors (Lipinski definition) is 0. The zero-order valence-corrected chi connectivity index (χ0v) is 22.0. The highest BCUT2D eigenvalue weighted by Crippen LogP contribution is 2.32. The molecular formula is C32H34N2O2S. The van der Waals surface area contributed by atoms with Crippen LogP contribution >= 0.6 is 0 Å². The number of fused-ring (bicyclic) bond motifs is 2. The molecule has 5 heteroatoms. The Bertz CT molecular complexity index is 1490. The third-order valence-electron chi connectivity index (χ3n) is 8.09. The molecule has 190 valence electrons. The summed E-state index contributed by atoms with van der Waals surface area (Å²) >= 11 is 0. The van der Waals surface area contributed by atoms with Crippen molar-refractivity contribution in [3.05, 3.63) is 102 Å². The van der Waals surface area contributed by atoms with Crippen LogP contribution in [0.25, 0.3) is 21.9 Å². The van der Waals surface area contributed by atoms with Crippen molar-refractivity contribution in [2.24, 2.45) is 0 Å². The van der Waals surface area contributed by atoms with E-state index in [-0.39, 0.29) is 6.04 Å². The molecule has 1 unspecified atom stereocenters. The van der Waals surface area contributed by atoms with Gasteiger partial charge in [-0.05, 0) is 59.4 Å². The third kappa shape index (κ3) is 4.96. The van der Waals surface area contributed by atoms with Gasteiger partial charge >= 0.3 is 0 Å². The first kappa shape index (κ1) is 24.4. The fraction of sp³-hybridized carbons (Fsp3) is 0.312. The maximum atomic E-state index is 13.9. The van der Waals surface area contributed by atoms with Gasteiger partial charge in [0.15, 0.2) is 0 Å². The second-order valence-electron chi connectivity index (χ2n) is 10.4. The van der Waals surface area contributed by atoms with E-state index in [1.165, 1.54) is 22.3 Å². The van der Waals surface area contributed by atoms with Crippen molar-refractivity contribution < 1.29 is 8.42 Å². The molecular weight excluding hydrogens is 476 g/mol. The average molecular weight is 511 g/mol. The van der Waals surface area contributed by atoms with E-state index < -0.39 is 10.0 Å². The Hall–Kier alpha value is -2.99. The molecule has 4 aromatic rings. The minimum Gasteiger partial charge on any atom is -0.299 e. The van der Waals surface area contributed by atoms with E-state index in [0.717, 1.165) is 62.5 Å². The minimum absolute atomic E-state index is 0.0552. The average Bonchev–Trinajstić information content (AvgIpc) is 2.96. The van der Waals surface area contributed by atoms with Crippen molar-refractivity contribution >= 4 is 20.8 Å². The van der Waals surface area contributed by atoms with E-state index in [1.807, 2.05) is 40.7 Å². The number of rotatable bonds is 6. The lowest BCUT2D eigenvalue weighted by atomic mass is 9.94. The number of piperidine rings is 1. The van der Waals surface area contributed by atoms with Gasteiger partial charge in [-0.15, -0.1) is 0 Å². The summed E-state index contributed by atoms with van der Waals surface area (Å²) < 4.78 is 29.6. The van der Waals surface area contributed by atoms with Crippen LogP contribution in [0.4, 0.5) is 0 Å². The van der Waals surface area contributed by atoms with Crippen LogP contribution in [0, 0.1) is 0 Å². The highest BCUT2D eigenvalue weighted by molar-refractivity contribution is 7.89. The van der Waals surface area contributed by atoms with E-state index in [2.05, 4.69) is 53.4 Å². The summed E-state index contributed by atoms with van der Waals surface area (Å²) in [4.78, 5) is 2.94. The normalized spacial score (nSPS) is 19.1. The van der Waals surface area contributed by atoms with E-state index in [4.69, 9.17) is 0 Å². The maximum Gasteiger partial charge on any atom is 0.243 e. The molecule has 0 aliphatic carbocycles. The molecule has 0 spiro atoms. The van der Waals surface area contributed by atoms with E-state index in [0.29, 0.717) is 11.4 Å². The van der Waals surface area contributed by atoms with Gasteiger partial charge in [0.2, 0.25) is 10.0 Å². The summed E-state index contributed by atoms with van der Waals surface area (Å²) in [7, 11) is -3.56. The van der Waals surface area contributed by atoms with Crippen molar-refractivity contribution in [1.82, 2.24) is 9.21 Å². The molecule has 0 amide bonds. The van der Waals surface area contributed by atoms with Crippen LogP contribution < -0.4 is 0 Å².